The van der Waals surface area contributed by atoms with E-state index in [0.29, 0.717) is 11.5 Å². The van der Waals surface area contributed by atoms with Crippen LogP contribution >= 0.6 is 11.6 Å². The average Bonchev–Trinajstić information content (AvgIpc) is 2.30. The molecule has 1 saturated carbocycles. The number of rotatable bonds is 3. The summed E-state index contributed by atoms with van der Waals surface area (Å²) in [5.41, 5.74) is 0.459. The van der Waals surface area contributed by atoms with Crippen LogP contribution in [0.1, 0.15) is 43.6 Å². The van der Waals surface area contributed by atoms with Crippen molar-refractivity contribution in [3.05, 3.63) is 34.4 Å². The topological polar surface area (TPSA) is 20.2 Å². The second kappa shape index (κ2) is 5.98. The molecule has 1 aliphatic carbocycles. The van der Waals surface area contributed by atoms with E-state index in [4.69, 9.17) is 16.7 Å². The van der Waals surface area contributed by atoms with Gasteiger partial charge < -0.3 is 5.11 Å². The van der Waals surface area contributed by atoms with Crippen LogP contribution in [-0.4, -0.2) is 11.7 Å². The molecule has 0 saturated heterocycles. The summed E-state index contributed by atoms with van der Waals surface area (Å²) >= 11 is 5.95. The van der Waals surface area contributed by atoms with Crippen molar-refractivity contribution in [2.24, 2.45) is 5.92 Å². The maximum Gasteiger partial charge on any atom is 0.131 e. The molecule has 18 heavy (non-hydrogen) atoms. The van der Waals surface area contributed by atoms with Crippen LogP contribution in [0.3, 0.4) is 0 Å². The Balaban J connectivity index is 2.10. The van der Waals surface area contributed by atoms with Gasteiger partial charge in [0.25, 0.3) is 0 Å². The minimum Gasteiger partial charge on any atom is -0.396 e. The van der Waals surface area contributed by atoms with E-state index < -0.39 is 11.6 Å². The van der Waals surface area contributed by atoms with E-state index in [0.717, 1.165) is 38.2 Å². The SMILES string of the molecule is OCCC1CCC(c2c(F)cc(F)cc2Cl)CC1. The van der Waals surface area contributed by atoms with Crippen LogP contribution < -0.4 is 0 Å². The Bertz CT molecular complexity index is 391. The van der Waals surface area contributed by atoms with Crippen molar-refractivity contribution in [3.63, 3.8) is 0 Å². The Morgan fingerprint density at radius 1 is 1.17 bits per heavy atom. The normalized spacial score (nSPS) is 24.2. The highest BCUT2D eigenvalue weighted by atomic mass is 35.5. The Hall–Kier alpha value is -0.670. The summed E-state index contributed by atoms with van der Waals surface area (Å²) in [6, 6.07) is 2.08. The number of hydrogen-bond donors (Lipinski definition) is 1. The van der Waals surface area contributed by atoms with E-state index in [-0.39, 0.29) is 17.5 Å². The number of aliphatic hydroxyl groups excluding tert-OH is 1. The molecule has 0 aliphatic heterocycles. The van der Waals surface area contributed by atoms with Gasteiger partial charge in [-0.05, 0) is 50.0 Å². The van der Waals surface area contributed by atoms with E-state index in [1.165, 1.54) is 6.07 Å². The first-order valence-electron chi connectivity index (χ1n) is 6.37. The molecule has 100 valence electrons. The summed E-state index contributed by atoms with van der Waals surface area (Å²) < 4.78 is 26.8. The summed E-state index contributed by atoms with van der Waals surface area (Å²) in [4.78, 5) is 0. The Labute approximate surface area is 111 Å². The third-order valence-electron chi connectivity index (χ3n) is 3.84. The molecular formula is C14H17ClF2O. The van der Waals surface area contributed by atoms with Crippen molar-refractivity contribution < 1.29 is 13.9 Å². The number of hydrogen-bond acceptors (Lipinski definition) is 1. The van der Waals surface area contributed by atoms with E-state index in [1.54, 1.807) is 0 Å². The van der Waals surface area contributed by atoms with Crippen LogP contribution in [0.15, 0.2) is 12.1 Å². The Kier molecular flexibility index (Phi) is 4.57. The number of halogens is 3. The monoisotopic (exact) mass is 274 g/mol. The largest absolute Gasteiger partial charge is 0.396 e. The van der Waals surface area contributed by atoms with Gasteiger partial charge in [-0.2, -0.15) is 0 Å². The van der Waals surface area contributed by atoms with Gasteiger partial charge in [0, 0.05) is 23.3 Å². The lowest BCUT2D eigenvalue weighted by atomic mass is 9.77. The molecule has 1 aromatic carbocycles. The molecular weight excluding hydrogens is 258 g/mol. The fraction of sp³-hybridized carbons (Fsp3) is 0.571. The minimum atomic E-state index is -0.629. The van der Waals surface area contributed by atoms with E-state index in [9.17, 15) is 8.78 Å². The second-order valence-electron chi connectivity index (χ2n) is 5.01. The first kappa shape index (κ1) is 13.8. The van der Waals surface area contributed by atoms with Crippen LogP contribution in [0.5, 0.6) is 0 Å². The second-order valence-corrected chi connectivity index (χ2v) is 5.42. The van der Waals surface area contributed by atoms with E-state index in [2.05, 4.69) is 0 Å². The van der Waals surface area contributed by atoms with Crippen molar-refractivity contribution >= 4 is 11.6 Å². The predicted octanol–water partition coefficient (Wildman–Crippen LogP) is 4.27. The fourth-order valence-corrected chi connectivity index (χ4v) is 3.21. The van der Waals surface area contributed by atoms with Crippen molar-refractivity contribution in [2.75, 3.05) is 6.61 Å². The van der Waals surface area contributed by atoms with Gasteiger partial charge in [-0.3, -0.25) is 0 Å². The van der Waals surface area contributed by atoms with Crippen LogP contribution in [0.25, 0.3) is 0 Å². The summed E-state index contributed by atoms with van der Waals surface area (Å²) in [6.07, 6.45) is 4.46. The molecule has 0 aromatic heterocycles. The lowest BCUT2D eigenvalue weighted by Crippen LogP contribution is -2.15. The van der Waals surface area contributed by atoms with Gasteiger partial charge in [0.15, 0.2) is 0 Å². The molecule has 1 nitrogen and oxygen atoms in total. The molecule has 1 N–H and O–H groups in total. The average molecular weight is 275 g/mol. The quantitative estimate of drug-likeness (QED) is 0.872. The summed E-state index contributed by atoms with van der Waals surface area (Å²) in [7, 11) is 0. The van der Waals surface area contributed by atoms with Gasteiger partial charge in [0.1, 0.15) is 11.6 Å². The van der Waals surface area contributed by atoms with E-state index in [1.807, 2.05) is 0 Å². The van der Waals surface area contributed by atoms with Crippen molar-refractivity contribution in [1.82, 2.24) is 0 Å². The fourth-order valence-electron chi connectivity index (χ4n) is 2.87. The minimum absolute atomic E-state index is 0.0769. The Morgan fingerprint density at radius 3 is 2.39 bits per heavy atom. The summed E-state index contributed by atoms with van der Waals surface area (Å²) in [5, 5.41) is 9.09. The zero-order chi connectivity index (χ0) is 13.1. The third kappa shape index (κ3) is 3.01. The first-order valence-corrected chi connectivity index (χ1v) is 6.75. The molecule has 0 bridgehead atoms. The van der Waals surface area contributed by atoms with Gasteiger partial charge in [0.05, 0.1) is 0 Å². The van der Waals surface area contributed by atoms with Crippen LogP contribution in [0.2, 0.25) is 5.02 Å². The smallest absolute Gasteiger partial charge is 0.131 e. The van der Waals surface area contributed by atoms with Crippen LogP contribution in [-0.2, 0) is 0 Å². The Morgan fingerprint density at radius 2 is 1.83 bits per heavy atom. The standard InChI is InChI=1S/C14H17ClF2O/c15-12-7-11(16)8-13(17)14(12)10-3-1-9(2-4-10)5-6-18/h7-10,18H,1-6H2. The molecule has 0 unspecified atom stereocenters. The molecule has 0 spiro atoms. The van der Waals surface area contributed by atoms with Gasteiger partial charge in [0.2, 0.25) is 0 Å². The van der Waals surface area contributed by atoms with Gasteiger partial charge >= 0.3 is 0 Å². The zero-order valence-corrected chi connectivity index (χ0v) is 10.9. The third-order valence-corrected chi connectivity index (χ3v) is 4.15. The van der Waals surface area contributed by atoms with Crippen molar-refractivity contribution in [3.8, 4) is 0 Å². The van der Waals surface area contributed by atoms with Gasteiger partial charge in [-0.1, -0.05) is 11.6 Å². The van der Waals surface area contributed by atoms with Crippen molar-refractivity contribution in [1.29, 1.82) is 0 Å². The highest BCUT2D eigenvalue weighted by molar-refractivity contribution is 6.31. The zero-order valence-electron chi connectivity index (χ0n) is 10.1. The highest BCUT2D eigenvalue weighted by Crippen LogP contribution is 2.40. The summed E-state index contributed by atoms with van der Waals surface area (Å²) in [6.45, 7) is 0.209. The molecule has 0 radical (unpaired) electrons. The molecule has 0 amide bonds. The highest BCUT2D eigenvalue weighted by Gasteiger charge is 2.26. The predicted molar refractivity (Wildman–Crippen MR) is 67.8 cm³/mol. The molecule has 1 aliphatic rings. The lowest BCUT2D eigenvalue weighted by Gasteiger charge is -2.29. The molecule has 0 atom stereocenters. The van der Waals surface area contributed by atoms with Crippen molar-refractivity contribution in [2.45, 2.75) is 38.0 Å². The summed E-state index contributed by atoms with van der Waals surface area (Å²) in [5.74, 6) is -0.567. The maximum atomic E-state index is 13.8. The van der Waals surface area contributed by atoms with Gasteiger partial charge in [-0.15, -0.1) is 0 Å². The maximum absolute atomic E-state index is 13.8. The van der Waals surface area contributed by atoms with E-state index >= 15 is 0 Å². The van der Waals surface area contributed by atoms with Gasteiger partial charge in [-0.25, -0.2) is 8.78 Å². The number of aliphatic hydroxyl groups is 1. The number of benzene rings is 1. The molecule has 2 rings (SSSR count). The molecule has 0 heterocycles. The van der Waals surface area contributed by atoms with Crippen LogP contribution in [0.4, 0.5) is 8.78 Å². The molecule has 4 heteroatoms. The molecule has 1 aromatic rings. The first-order chi connectivity index (χ1) is 8.61. The molecule has 1 fully saturated rings. The lowest BCUT2D eigenvalue weighted by molar-refractivity contribution is 0.221. The van der Waals surface area contributed by atoms with Crippen LogP contribution in [0, 0.1) is 17.6 Å².